The van der Waals surface area contributed by atoms with Gasteiger partial charge in [-0.05, 0) is 36.0 Å². The number of hydrogen-bond donors (Lipinski definition) is 2. The zero-order chi connectivity index (χ0) is 15.7. The average Bonchev–Trinajstić information content (AvgIpc) is 2.45. The lowest BCUT2D eigenvalue weighted by Gasteiger charge is -2.18. The number of ether oxygens (including phenoxy) is 1. The SMILES string of the molecule is CN=C(NCCCC(C)(C)C)NCc1cccc(OC)c1. The van der Waals surface area contributed by atoms with Gasteiger partial charge in [0, 0.05) is 20.1 Å². The molecule has 0 aromatic heterocycles. The van der Waals surface area contributed by atoms with Gasteiger partial charge in [-0.2, -0.15) is 0 Å². The van der Waals surface area contributed by atoms with Crippen molar-refractivity contribution in [2.45, 2.75) is 40.2 Å². The Morgan fingerprint density at radius 3 is 2.62 bits per heavy atom. The van der Waals surface area contributed by atoms with Gasteiger partial charge in [-0.25, -0.2) is 0 Å². The van der Waals surface area contributed by atoms with Crippen molar-refractivity contribution in [1.82, 2.24) is 10.6 Å². The first-order valence-corrected chi connectivity index (χ1v) is 7.52. The summed E-state index contributed by atoms with van der Waals surface area (Å²) in [5.41, 5.74) is 1.56. The number of hydrogen-bond acceptors (Lipinski definition) is 2. The van der Waals surface area contributed by atoms with Gasteiger partial charge >= 0.3 is 0 Å². The van der Waals surface area contributed by atoms with Crippen molar-refractivity contribution in [2.24, 2.45) is 10.4 Å². The standard InChI is InChI=1S/C17H29N3O/c1-17(2,3)10-7-11-19-16(18-4)20-13-14-8-6-9-15(12-14)21-5/h6,8-9,12H,7,10-11,13H2,1-5H3,(H2,18,19,20). The molecular weight excluding hydrogens is 262 g/mol. The molecule has 0 saturated carbocycles. The fourth-order valence-electron chi connectivity index (χ4n) is 2.01. The molecule has 0 radical (unpaired) electrons. The maximum atomic E-state index is 5.23. The normalized spacial score (nSPS) is 12.1. The highest BCUT2D eigenvalue weighted by molar-refractivity contribution is 5.79. The Kier molecular flexibility index (Phi) is 7.06. The van der Waals surface area contributed by atoms with Crippen molar-refractivity contribution >= 4 is 5.96 Å². The van der Waals surface area contributed by atoms with Gasteiger partial charge in [-0.15, -0.1) is 0 Å². The van der Waals surface area contributed by atoms with Crippen LogP contribution in [-0.2, 0) is 6.54 Å². The van der Waals surface area contributed by atoms with Crippen LogP contribution in [0.15, 0.2) is 29.3 Å². The minimum absolute atomic E-state index is 0.388. The van der Waals surface area contributed by atoms with Gasteiger partial charge in [-0.1, -0.05) is 32.9 Å². The molecule has 1 rings (SSSR count). The van der Waals surface area contributed by atoms with Crippen LogP contribution in [0.2, 0.25) is 0 Å². The largest absolute Gasteiger partial charge is 0.497 e. The molecule has 4 nitrogen and oxygen atoms in total. The van der Waals surface area contributed by atoms with Crippen molar-refractivity contribution in [2.75, 3.05) is 20.7 Å². The molecule has 1 aromatic rings. The van der Waals surface area contributed by atoms with Crippen molar-refractivity contribution < 1.29 is 4.74 Å². The van der Waals surface area contributed by atoms with E-state index in [9.17, 15) is 0 Å². The van der Waals surface area contributed by atoms with E-state index in [2.05, 4.69) is 42.5 Å². The lowest BCUT2D eigenvalue weighted by molar-refractivity contribution is 0.365. The van der Waals surface area contributed by atoms with Crippen LogP contribution in [0.5, 0.6) is 5.75 Å². The summed E-state index contributed by atoms with van der Waals surface area (Å²) in [6.07, 6.45) is 2.34. The molecule has 0 aliphatic rings. The predicted octanol–water partition coefficient (Wildman–Crippen LogP) is 3.19. The van der Waals surface area contributed by atoms with Gasteiger partial charge in [0.05, 0.1) is 7.11 Å². The molecule has 21 heavy (non-hydrogen) atoms. The molecule has 0 amide bonds. The maximum absolute atomic E-state index is 5.23. The fraction of sp³-hybridized carbons (Fsp3) is 0.588. The first-order chi connectivity index (χ1) is 9.94. The molecule has 0 bridgehead atoms. The van der Waals surface area contributed by atoms with E-state index in [-0.39, 0.29) is 0 Å². The van der Waals surface area contributed by atoms with Gasteiger partial charge in [0.25, 0.3) is 0 Å². The molecule has 1 aromatic carbocycles. The van der Waals surface area contributed by atoms with Crippen LogP contribution < -0.4 is 15.4 Å². The number of aliphatic imine (C=N–C) groups is 1. The second-order valence-corrected chi connectivity index (χ2v) is 6.37. The van der Waals surface area contributed by atoms with Crippen LogP contribution in [0.3, 0.4) is 0 Å². The van der Waals surface area contributed by atoms with E-state index in [4.69, 9.17) is 4.74 Å². The monoisotopic (exact) mass is 291 g/mol. The molecule has 0 fully saturated rings. The topological polar surface area (TPSA) is 45.7 Å². The minimum Gasteiger partial charge on any atom is -0.497 e. The molecule has 0 unspecified atom stereocenters. The second kappa shape index (κ2) is 8.55. The first-order valence-electron chi connectivity index (χ1n) is 7.52. The quantitative estimate of drug-likeness (QED) is 0.481. The van der Waals surface area contributed by atoms with E-state index in [0.717, 1.165) is 31.2 Å². The summed E-state index contributed by atoms with van der Waals surface area (Å²) < 4.78 is 5.23. The lowest BCUT2D eigenvalue weighted by atomic mass is 9.91. The van der Waals surface area contributed by atoms with Crippen LogP contribution in [0.4, 0.5) is 0 Å². The van der Waals surface area contributed by atoms with Crippen molar-refractivity contribution in [3.05, 3.63) is 29.8 Å². The van der Waals surface area contributed by atoms with E-state index in [0.29, 0.717) is 5.41 Å². The minimum atomic E-state index is 0.388. The lowest BCUT2D eigenvalue weighted by Crippen LogP contribution is -2.37. The number of rotatable bonds is 6. The van der Waals surface area contributed by atoms with Gasteiger partial charge in [0.1, 0.15) is 5.75 Å². The Morgan fingerprint density at radius 1 is 1.24 bits per heavy atom. The maximum Gasteiger partial charge on any atom is 0.191 e. The molecule has 0 aliphatic heterocycles. The molecule has 0 atom stereocenters. The molecule has 0 saturated heterocycles. The van der Waals surface area contributed by atoms with Gasteiger partial charge in [0.15, 0.2) is 5.96 Å². The van der Waals surface area contributed by atoms with Crippen LogP contribution in [0, 0.1) is 5.41 Å². The number of guanidine groups is 1. The molecule has 118 valence electrons. The van der Waals surface area contributed by atoms with E-state index in [1.807, 2.05) is 18.2 Å². The highest BCUT2D eigenvalue weighted by atomic mass is 16.5. The molecule has 4 heteroatoms. The van der Waals surface area contributed by atoms with Crippen LogP contribution in [0.1, 0.15) is 39.2 Å². The van der Waals surface area contributed by atoms with Gasteiger partial charge < -0.3 is 15.4 Å². The predicted molar refractivity (Wildman–Crippen MR) is 89.9 cm³/mol. The van der Waals surface area contributed by atoms with Crippen molar-refractivity contribution in [3.63, 3.8) is 0 Å². The number of nitrogens with one attached hydrogen (secondary N) is 2. The summed E-state index contributed by atoms with van der Waals surface area (Å²) >= 11 is 0. The second-order valence-electron chi connectivity index (χ2n) is 6.37. The number of benzene rings is 1. The Labute approximate surface area is 129 Å². The fourth-order valence-corrected chi connectivity index (χ4v) is 2.01. The molecule has 2 N–H and O–H groups in total. The van der Waals surface area contributed by atoms with Crippen LogP contribution in [0.25, 0.3) is 0 Å². The van der Waals surface area contributed by atoms with Crippen LogP contribution in [-0.4, -0.2) is 26.7 Å². The average molecular weight is 291 g/mol. The summed E-state index contributed by atoms with van der Waals surface area (Å²) in [4.78, 5) is 4.24. The Balaban J connectivity index is 2.34. The van der Waals surface area contributed by atoms with Gasteiger partial charge in [0.2, 0.25) is 0 Å². The smallest absolute Gasteiger partial charge is 0.191 e. The van der Waals surface area contributed by atoms with E-state index in [1.54, 1.807) is 14.2 Å². The molecule has 0 spiro atoms. The number of nitrogens with zero attached hydrogens (tertiary/aromatic N) is 1. The van der Waals surface area contributed by atoms with E-state index >= 15 is 0 Å². The summed E-state index contributed by atoms with van der Waals surface area (Å²) in [5, 5.41) is 6.67. The summed E-state index contributed by atoms with van der Waals surface area (Å²) in [5.74, 6) is 1.72. The zero-order valence-electron chi connectivity index (χ0n) is 14.0. The highest BCUT2D eigenvalue weighted by Crippen LogP contribution is 2.19. The molecular formula is C17H29N3O. The summed E-state index contributed by atoms with van der Waals surface area (Å²) in [6.45, 7) is 8.47. The van der Waals surface area contributed by atoms with Crippen molar-refractivity contribution in [1.29, 1.82) is 0 Å². The van der Waals surface area contributed by atoms with Crippen molar-refractivity contribution in [3.8, 4) is 5.75 Å². The Morgan fingerprint density at radius 2 is 2.00 bits per heavy atom. The third-order valence-electron chi connectivity index (χ3n) is 3.21. The Hall–Kier alpha value is -1.71. The van der Waals surface area contributed by atoms with Gasteiger partial charge in [-0.3, -0.25) is 4.99 Å². The molecule has 0 heterocycles. The Bertz CT molecular complexity index is 450. The zero-order valence-corrected chi connectivity index (χ0v) is 14.0. The highest BCUT2D eigenvalue weighted by Gasteiger charge is 2.09. The van der Waals surface area contributed by atoms with Crippen LogP contribution >= 0.6 is 0 Å². The van der Waals surface area contributed by atoms with E-state index < -0.39 is 0 Å². The first kappa shape index (κ1) is 17.3. The third-order valence-corrected chi connectivity index (χ3v) is 3.21. The third kappa shape index (κ3) is 7.59. The summed E-state index contributed by atoms with van der Waals surface area (Å²) in [7, 11) is 3.48. The van der Waals surface area contributed by atoms with E-state index in [1.165, 1.54) is 12.0 Å². The number of methoxy groups -OCH3 is 1. The molecule has 0 aliphatic carbocycles. The summed E-state index contributed by atoms with van der Waals surface area (Å²) in [6, 6.07) is 8.04.